The van der Waals surface area contributed by atoms with Gasteiger partial charge in [0.25, 0.3) is 0 Å². The molecule has 9 heteroatoms. The van der Waals surface area contributed by atoms with Crippen LogP contribution in [0.15, 0.2) is 90.0 Å². The Hall–Kier alpha value is -3.95. The molecule has 1 aromatic heterocycles. The number of rotatable bonds is 5. The topological polar surface area (TPSA) is 91.8 Å². The zero-order chi connectivity index (χ0) is 26.1. The molecule has 3 aromatic carbocycles. The van der Waals surface area contributed by atoms with Crippen LogP contribution in [0.2, 0.25) is 0 Å². The number of amides is 1. The van der Waals surface area contributed by atoms with Gasteiger partial charge in [0.15, 0.2) is 0 Å². The Kier molecular flexibility index (Phi) is 6.47. The molecule has 0 spiro atoms. The van der Waals surface area contributed by atoms with Crippen molar-refractivity contribution >= 4 is 32.6 Å². The van der Waals surface area contributed by atoms with Crippen molar-refractivity contribution in [1.29, 1.82) is 0 Å². The molecule has 1 atom stereocenters. The van der Waals surface area contributed by atoms with Gasteiger partial charge in [-0.15, -0.1) is 0 Å². The molecule has 1 amide bonds. The van der Waals surface area contributed by atoms with E-state index in [1.54, 1.807) is 42.6 Å². The number of hydrogen-bond acceptors (Lipinski definition) is 7. The first-order valence-electron chi connectivity index (χ1n) is 12.7. The zero-order valence-electron chi connectivity index (χ0n) is 20.8. The van der Waals surface area contributed by atoms with E-state index in [-0.39, 0.29) is 22.6 Å². The number of hydrogen-bond donors (Lipinski definition) is 1. The highest BCUT2D eigenvalue weighted by Gasteiger charge is 2.30. The van der Waals surface area contributed by atoms with E-state index in [0.717, 1.165) is 24.2 Å². The smallest absolute Gasteiger partial charge is 0.339 e. The number of carbonyl (C=O) groups is 1. The molecule has 4 aromatic rings. The molecule has 38 heavy (non-hydrogen) atoms. The molecule has 2 aliphatic rings. The summed E-state index contributed by atoms with van der Waals surface area (Å²) in [5, 5.41) is 3.86. The van der Waals surface area contributed by atoms with E-state index in [4.69, 9.17) is 4.18 Å². The van der Waals surface area contributed by atoms with Gasteiger partial charge in [0.05, 0.1) is 11.6 Å². The van der Waals surface area contributed by atoms with Gasteiger partial charge in [0, 0.05) is 50.0 Å². The monoisotopic (exact) mass is 528 g/mol. The van der Waals surface area contributed by atoms with Gasteiger partial charge >= 0.3 is 10.1 Å². The maximum absolute atomic E-state index is 13.3. The molecule has 0 bridgehead atoms. The molecule has 8 nitrogen and oxygen atoms in total. The Morgan fingerprint density at radius 2 is 1.71 bits per heavy atom. The lowest BCUT2D eigenvalue weighted by molar-refractivity contribution is -0.134. The molecule has 194 valence electrons. The van der Waals surface area contributed by atoms with E-state index >= 15 is 0 Å². The van der Waals surface area contributed by atoms with Crippen molar-refractivity contribution in [3.63, 3.8) is 0 Å². The minimum Gasteiger partial charge on any atom is -0.379 e. The predicted octanol–water partition coefficient (Wildman–Crippen LogP) is 3.37. The third-order valence-electron chi connectivity index (χ3n) is 7.23. The molecule has 2 aliphatic heterocycles. The number of benzene rings is 3. The summed E-state index contributed by atoms with van der Waals surface area (Å²) >= 11 is 0. The Morgan fingerprint density at radius 1 is 0.895 bits per heavy atom. The summed E-state index contributed by atoms with van der Waals surface area (Å²) in [6.07, 6.45) is 2.17. The fraction of sp³-hybridized carbons (Fsp3) is 0.241. The summed E-state index contributed by atoms with van der Waals surface area (Å²) in [7, 11) is -4.06. The Bertz CT molecular complexity index is 1580. The number of fused-ring (bicyclic) bond motifs is 2. The molecular formula is C29H28N4O4S. The van der Waals surface area contributed by atoms with Gasteiger partial charge in [-0.25, -0.2) is 0 Å². The van der Waals surface area contributed by atoms with E-state index in [1.165, 1.54) is 11.8 Å². The van der Waals surface area contributed by atoms with Crippen LogP contribution in [0.25, 0.3) is 10.9 Å². The molecule has 6 rings (SSSR count). The largest absolute Gasteiger partial charge is 0.379 e. The number of pyridine rings is 1. The van der Waals surface area contributed by atoms with Crippen molar-refractivity contribution in [2.45, 2.75) is 23.9 Å². The number of para-hydroxylation sites is 1. The highest BCUT2D eigenvalue weighted by atomic mass is 32.2. The number of nitrogens with one attached hydrogen (secondary N) is 1. The predicted molar refractivity (Wildman–Crippen MR) is 146 cm³/mol. The molecule has 0 unspecified atom stereocenters. The fourth-order valence-electron chi connectivity index (χ4n) is 5.23. The van der Waals surface area contributed by atoms with Gasteiger partial charge in [-0.1, -0.05) is 30.3 Å². The van der Waals surface area contributed by atoms with Crippen LogP contribution < -0.4 is 14.4 Å². The van der Waals surface area contributed by atoms with Crippen molar-refractivity contribution in [1.82, 2.24) is 15.2 Å². The SMILES string of the molecule is O=C([C@@H]1Cc2ccc(OS(=O)(=O)c3cccc4ncccc34)cc2CN1)N1CCN(c2ccccc2)CC1. The van der Waals surface area contributed by atoms with Crippen molar-refractivity contribution in [3.8, 4) is 5.75 Å². The Balaban J connectivity index is 1.11. The first kappa shape index (κ1) is 24.4. The third kappa shape index (κ3) is 4.82. The molecule has 0 aliphatic carbocycles. The van der Waals surface area contributed by atoms with Gasteiger partial charge in [-0.05, 0) is 66.1 Å². The van der Waals surface area contributed by atoms with Crippen LogP contribution in [0.4, 0.5) is 5.69 Å². The second kappa shape index (κ2) is 10.1. The number of carbonyl (C=O) groups excluding carboxylic acids is 1. The lowest BCUT2D eigenvalue weighted by atomic mass is 9.94. The molecule has 1 N–H and O–H groups in total. The number of piperazine rings is 1. The number of nitrogens with zero attached hydrogens (tertiary/aromatic N) is 3. The third-order valence-corrected chi connectivity index (χ3v) is 8.54. The minimum atomic E-state index is -4.06. The average molecular weight is 529 g/mol. The summed E-state index contributed by atoms with van der Waals surface area (Å²) in [5.74, 6) is 0.351. The first-order valence-corrected chi connectivity index (χ1v) is 14.1. The summed E-state index contributed by atoms with van der Waals surface area (Å²) in [4.78, 5) is 21.8. The quantitative estimate of drug-likeness (QED) is 0.397. The normalized spacial score (nSPS) is 17.7. The van der Waals surface area contributed by atoms with Crippen LogP contribution in [-0.4, -0.2) is 56.4 Å². The molecule has 3 heterocycles. The van der Waals surface area contributed by atoms with Crippen LogP contribution in [0.3, 0.4) is 0 Å². The van der Waals surface area contributed by atoms with Crippen molar-refractivity contribution in [2.24, 2.45) is 0 Å². The lowest BCUT2D eigenvalue weighted by Crippen LogP contribution is -2.55. The maximum atomic E-state index is 13.3. The van der Waals surface area contributed by atoms with Crippen LogP contribution in [0.5, 0.6) is 5.75 Å². The summed E-state index contributed by atoms with van der Waals surface area (Å²) in [6, 6.07) is 23.6. The zero-order valence-corrected chi connectivity index (χ0v) is 21.6. The van der Waals surface area contributed by atoms with Crippen LogP contribution >= 0.6 is 0 Å². The molecule has 1 saturated heterocycles. The van der Waals surface area contributed by atoms with Crippen LogP contribution in [-0.2, 0) is 27.9 Å². The second-order valence-corrected chi connectivity index (χ2v) is 11.1. The van der Waals surface area contributed by atoms with E-state index in [2.05, 4.69) is 27.3 Å². The summed E-state index contributed by atoms with van der Waals surface area (Å²) in [6.45, 7) is 3.45. The first-order chi connectivity index (χ1) is 18.5. The summed E-state index contributed by atoms with van der Waals surface area (Å²) in [5.41, 5.74) is 3.71. The van der Waals surface area contributed by atoms with Gasteiger partial charge in [0.2, 0.25) is 5.91 Å². The lowest BCUT2D eigenvalue weighted by Gasteiger charge is -2.38. The highest BCUT2D eigenvalue weighted by molar-refractivity contribution is 7.87. The molecular weight excluding hydrogens is 500 g/mol. The molecule has 0 saturated carbocycles. The van der Waals surface area contributed by atoms with Gasteiger partial charge < -0.3 is 19.3 Å². The second-order valence-electron chi connectivity index (χ2n) is 9.58. The van der Waals surface area contributed by atoms with E-state index < -0.39 is 10.1 Å². The average Bonchev–Trinajstić information content (AvgIpc) is 2.96. The van der Waals surface area contributed by atoms with E-state index in [0.29, 0.717) is 37.0 Å². The maximum Gasteiger partial charge on any atom is 0.339 e. The van der Waals surface area contributed by atoms with Gasteiger partial charge in [-0.2, -0.15) is 8.42 Å². The molecule has 1 fully saturated rings. The standard InChI is InChI=1S/C29H28N4O4S/c34-29(33-16-14-32(15-17-33)23-6-2-1-3-7-23)27-19-21-11-12-24(18-22(21)20-31-27)37-38(35,36)28-10-4-9-26-25(28)8-5-13-30-26/h1-13,18,27,31H,14-17,19-20H2/t27-/m0/s1. The van der Waals surface area contributed by atoms with Gasteiger partial charge in [0.1, 0.15) is 10.6 Å². The Morgan fingerprint density at radius 3 is 2.53 bits per heavy atom. The van der Waals surface area contributed by atoms with E-state index in [9.17, 15) is 13.2 Å². The molecule has 0 radical (unpaired) electrons. The summed E-state index contributed by atoms with van der Waals surface area (Å²) < 4.78 is 31.7. The van der Waals surface area contributed by atoms with Crippen molar-refractivity contribution in [3.05, 3.63) is 96.2 Å². The van der Waals surface area contributed by atoms with Gasteiger partial charge in [-0.3, -0.25) is 9.78 Å². The van der Waals surface area contributed by atoms with Crippen molar-refractivity contribution < 1.29 is 17.4 Å². The number of anilines is 1. The minimum absolute atomic E-state index is 0.0805. The Labute approximate surface area is 222 Å². The number of aromatic nitrogens is 1. The van der Waals surface area contributed by atoms with Crippen molar-refractivity contribution in [2.75, 3.05) is 31.1 Å². The van der Waals surface area contributed by atoms with Crippen LogP contribution in [0, 0.1) is 0 Å². The fourth-order valence-corrected chi connectivity index (χ4v) is 6.36. The highest BCUT2D eigenvalue weighted by Crippen LogP contribution is 2.28. The van der Waals surface area contributed by atoms with Crippen LogP contribution in [0.1, 0.15) is 11.1 Å². The van der Waals surface area contributed by atoms with E-state index in [1.807, 2.05) is 29.2 Å².